The summed E-state index contributed by atoms with van der Waals surface area (Å²) in [6.45, 7) is 7.40. The normalized spacial score (nSPS) is 17.5. The van der Waals surface area contributed by atoms with Gasteiger partial charge in [-0.15, -0.1) is 6.58 Å². The summed E-state index contributed by atoms with van der Waals surface area (Å²) in [5.74, 6) is -0.357. The summed E-state index contributed by atoms with van der Waals surface area (Å²) < 4.78 is 0. The van der Waals surface area contributed by atoms with Crippen LogP contribution < -0.4 is 10.2 Å². The third kappa shape index (κ3) is 2.03. The van der Waals surface area contributed by atoms with E-state index in [2.05, 4.69) is 23.7 Å². The Bertz CT molecular complexity index is 457. The van der Waals surface area contributed by atoms with Crippen LogP contribution in [0.5, 0.6) is 0 Å². The van der Waals surface area contributed by atoms with E-state index in [1.807, 2.05) is 18.2 Å². The van der Waals surface area contributed by atoms with Gasteiger partial charge in [-0.3, -0.25) is 4.79 Å². The lowest BCUT2D eigenvalue weighted by molar-refractivity contribution is -0.123. The monoisotopic (exact) mass is 232 g/mol. The maximum Gasteiger partial charge on any atom is 0.257 e. The lowest BCUT2D eigenvalue weighted by Gasteiger charge is -2.21. The molecule has 1 aliphatic rings. The predicted octanol–water partition coefficient (Wildman–Crippen LogP) is 1.68. The molecule has 1 aromatic carbocycles. The minimum Gasteiger partial charge on any atom is -0.378 e. The van der Waals surface area contributed by atoms with Crippen LogP contribution in [-0.2, 0) is 4.79 Å². The molecule has 0 bridgehead atoms. The number of anilines is 2. The SMILES string of the molecule is C=CCN(CC)c1ccc2c(c1)NC(=O)C2O. The predicted molar refractivity (Wildman–Crippen MR) is 68.1 cm³/mol. The molecule has 90 valence electrons. The second-order valence-corrected chi connectivity index (χ2v) is 3.99. The minimum absolute atomic E-state index is 0.357. The number of fused-ring (bicyclic) bond motifs is 1. The van der Waals surface area contributed by atoms with Crippen molar-refractivity contribution in [2.45, 2.75) is 13.0 Å². The highest BCUT2D eigenvalue weighted by atomic mass is 16.3. The molecule has 0 spiro atoms. The molecule has 1 aliphatic heterocycles. The molecule has 0 radical (unpaired) electrons. The van der Waals surface area contributed by atoms with E-state index in [-0.39, 0.29) is 5.91 Å². The molecule has 0 saturated carbocycles. The standard InChI is InChI=1S/C13H16N2O2/c1-3-7-15(4-2)9-5-6-10-11(8-9)14-13(17)12(10)16/h3,5-6,8,12,16H,1,4,7H2,2H3,(H,14,17). The average Bonchev–Trinajstić information content (AvgIpc) is 2.61. The first-order chi connectivity index (χ1) is 8.17. The molecule has 1 atom stereocenters. The number of amides is 1. The summed E-state index contributed by atoms with van der Waals surface area (Å²) in [6.07, 6.45) is 0.804. The van der Waals surface area contributed by atoms with Crippen molar-refractivity contribution in [2.75, 3.05) is 23.3 Å². The van der Waals surface area contributed by atoms with Crippen LogP contribution in [-0.4, -0.2) is 24.1 Å². The smallest absolute Gasteiger partial charge is 0.257 e. The minimum atomic E-state index is -1.03. The highest BCUT2D eigenvalue weighted by Crippen LogP contribution is 2.33. The number of carbonyl (C=O) groups excluding carboxylic acids is 1. The van der Waals surface area contributed by atoms with E-state index in [4.69, 9.17) is 0 Å². The second-order valence-electron chi connectivity index (χ2n) is 3.99. The van der Waals surface area contributed by atoms with Crippen molar-refractivity contribution >= 4 is 17.3 Å². The topological polar surface area (TPSA) is 52.6 Å². The van der Waals surface area contributed by atoms with E-state index in [9.17, 15) is 9.90 Å². The van der Waals surface area contributed by atoms with Crippen molar-refractivity contribution in [2.24, 2.45) is 0 Å². The number of aliphatic hydroxyl groups is 1. The Kier molecular flexibility index (Phi) is 3.15. The molecule has 0 fully saturated rings. The maximum atomic E-state index is 11.3. The van der Waals surface area contributed by atoms with Crippen LogP contribution in [0, 0.1) is 0 Å². The molecule has 0 saturated heterocycles. The number of rotatable bonds is 4. The number of hydrogen-bond donors (Lipinski definition) is 2. The van der Waals surface area contributed by atoms with Crippen molar-refractivity contribution in [3.63, 3.8) is 0 Å². The number of hydrogen-bond acceptors (Lipinski definition) is 3. The van der Waals surface area contributed by atoms with Crippen LogP contribution in [0.15, 0.2) is 30.9 Å². The maximum absolute atomic E-state index is 11.3. The summed E-state index contributed by atoms with van der Waals surface area (Å²) in [5, 5.41) is 12.3. The van der Waals surface area contributed by atoms with E-state index in [0.29, 0.717) is 11.3 Å². The third-order valence-corrected chi connectivity index (χ3v) is 2.93. The molecule has 1 heterocycles. The Labute approximate surface area is 101 Å². The van der Waals surface area contributed by atoms with Gasteiger partial charge in [-0.05, 0) is 19.1 Å². The fourth-order valence-corrected chi connectivity index (χ4v) is 2.00. The molecule has 4 heteroatoms. The van der Waals surface area contributed by atoms with Gasteiger partial charge in [0.15, 0.2) is 6.10 Å². The van der Waals surface area contributed by atoms with Gasteiger partial charge in [-0.2, -0.15) is 0 Å². The molecular weight excluding hydrogens is 216 g/mol. The van der Waals surface area contributed by atoms with Crippen LogP contribution in [0.1, 0.15) is 18.6 Å². The Balaban J connectivity index is 2.32. The van der Waals surface area contributed by atoms with Gasteiger partial charge >= 0.3 is 0 Å². The van der Waals surface area contributed by atoms with Gasteiger partial charge in [-0.1, -0.05) is 12.1 Å². The zero-order chi connectivity index (χ0) is 12.4. The van der Waals surface area contributed by atoms with Gasteiger partial charge in [0.2, 0.25) is 0 Å². The molecule has 2 N–H and O–H groups in total. The summed E-state index contributed by atoms with van der Waals surface area (Å²) in [6, 6.07) is 5.59. The summed E-state index contributed by atoms with van der Waals surface area (Å²) in [5.41, 5.74) is 2.36. The van der Waals surface area contributed by atoms with Crippen LogP contribution in [0.2, 0.25) is 0 Å². The first-order valence-electron chi connectivity index (χ1n) is 5.66. The average molecular weight is 232 g/mol. The highest BCUT2D eigenvalue weighted by molar-refractivity contribution is 6.02. The number of benzene rings is 1. The van der Waals surface area contributed by atoms with Gasteiger partial charge < -0.3 is 15.3 Å². The number of nitrogens with one attached hydrogen (secondary N) is 1. The van der Waals surface area contributed by atoms with E-state index < -0.39 is 6.10 Å². The Morgan fingerprint density at radius 3 is 3.00 bits per heavy atom. The van der Waals surface area contributed by atoms with E-state index in [1.165, 1.54) is 0 Å². The lowest BCUT2D eigenvalue weighted by atomic mass is 10.1. The Hall–Kier alpha value is -1.81. The third-order valence-electron chi connectivity index (χ3n) is 2.93. The first-order valence-corrected chi connectivity index (χ1v) is 5.66. The van der Waals surface area contributed by atoms with E-state index >= 15 is 0 Å². The van der Waals surface area contributed by atoms with Crippen LogP contribution in [0.4, 0.5) is 11.4 Å². The van der Waals surface area contributed by atoms with Crippen molar-refractivity contribution in [3.05, 3.63) is 36.4 Å². The Morgan fingerprint density at radius 1 is 1.59 bits per heavy atom. The van der Waals surface area contributed by atoms with E-state index in [0.717, 1.165) is 18.8 Å². The Morgan fingerprint density at radius 2 is 2.35 bits per heavy atom. The molecule has 0 aromatic heterocycles. The molecule has 2 rings (SSSR count). The molecule has 4 nitrogen and oxygen atoms in total. The highest BCUT2D eigenvalue weighted by Gasteiger charge is 2.28. The van der Waals surface area contributed by atoms with Gasteiger partial charge in [0.05, 0.1) is 0 Å². The largest absolute Gasteiger partial charge is 0.378 e. The number of nitrogens with zero attached hydrogens (tertiary/aromatic N) is 1. The summed E-state index contributed by atoms with van der Waals surface area (Å²) in [4.78, 5) is 13.4. The van der Waals surface area contributed by atoms with Crippen molar-refractivity contribution in [1.82, 2.24) is 0 Å². The van der Waals surface area contributed by atoms with Crippen molar-refractivity contribution in [3.8, 4) is 0 Å². The van der Waals surface area contributed by atoms with Crippen LogP contribution in [0.25, 0.3) is 0 Å². The van der Waals surface area contributed by atoms with Gasteiger partial charge in [0.1, 0.15) is 0 Å². The van der Waals surface area contributed by atoms with Gasteiger partial charge in [0.25, 0.3) is 5.91 Å². The second kappa shape index (κ2) is 4.59. The first kappa shape index (κ1) is 11.7. The van der Waals surface area contributed by atoms with Crippen LogP contribution in [0.3, 0.4) is 0 Å². The fourth-order valence-electron chi connectivity index (χ4n) is 2.00. The molecule has 17 heavy (non-hydrogen) atoms. The van der Waals surface area contributed by atoms with E-state index in [1.54, 1.807) is 6.07 Å². The quantitative estimate of drug-likeness (QED) is 0.777. The molecular formula is C13H16N2O2. The number of aliphatic hydroxyl groups excluding tert-OH is 1. The lowest BCUT2D eigenvalue weighted by Crippen LogP contribution is -2.22. The number of likely N-dealkylation sites (N-methyl/N-ethyl adjacent to an activating group) is 1. The molecule has 1 amide bonds. The van der Waals surface area contributed by atoms with Crippen molar-refractivity contribution < 1.29 is 9.90 Å². The zero-order valence-electron chi connectivity index (χ0n) is 9.81. The van der Waals surface area contributed by atoms with Crippen molar-refractivity contribution in [1.29, 1.82) is 0 Å². The molecule has 1 aromatic rings. The van der Waals surface area contributed by atoms with Gasteiger partial charge in [0, 0.05) is 30.0 Å². The number of carbonyl (C=O) groups is 1. The molecule has 1 unspecified atom stereocenters. The summed E-state index contributed by atoms with van der Waals surface area (Å²) in [7, 11) is 0. The van der Waals surface area contributed by atoms with Gasteiger partial charge in [-0.25, -0.2) is 0 Å². The molecule has 0 aliphatic carbocycles. The van der Waals surface area contributed by atoms with Crippen LogP contribution >= 0.6 is 0 Å². The fraction of sp³-hybridized carbons (Fsp3) is 0.308. The zero-order valence-corrected chi connectivity index (χ0v) is 9.81. The summed E-state index contributed by atoms with van der Waals surface area (Å²) >= 11 is 0.